The van der Waals surface area contributed by atoms with Gasteiger partial charge in [-0.05, 0) is 37.3 Å². The molecule has 0 aromatic heterocycles. The molecule has 0 bridgehead atoms. The van der Waals surface area contributed by atoms with Crippen LogP contribution in [0.5, 0.6) is 0 Å². The van der Waals surface area contributed by atoms with Crippen molar-refractivity contribution < 1.29 is 19.4 Å². The molecule has 1 amide bonds. The third-order valence-corrected chi connectivity index (χ3v) is 5.83. The third-order valence-electron chi connectivity index (χ3n) is 5.83. The summed E-state index contributed by atoms with van der Waals surface area (Å²) >= 11 is 0. The van der Waals surface area contributed by atoms with E-state index in [1.807, 2.05) is 24.0 Å². The van der Waals surface area contributed by atoms with E-state index >= 15 is 0 Å². The highest BCUT2D eigenvalue weighted by Crippen LogP contribution is 2.33. The SMILES string of the molecule is CCO[C@H]1OC(C(=O)N2CCN(Cc3ccccc3)CC2)=C[C@@H](C)[C@H]1CCCO. The number of benzene rings is 1. The zero-order valence-corrected chi connectivity index (χ0v) is 17.6. The van der Waals surface area contributed by atoms with Crippen molar-refractivity contribution in [3.8, 4) is 0 Å². The Hall–Kier alpha value is -1.89. The normalized spacial score (nSPS) is 25.4. The molecular formula is C23H34N2O4. The number of nitrogens with zero attached hydrogens (tertiary/aromatic N) is 2. The maximum absolute atomic E-state index is 13.1. The predicted octanol–water partition coefficient (Wildman–Crippen LogP) is 2.63. The molecule has 6 heteroatoms. The molecule has 2 heterocycles. The minimum absolute atomic E-state index is 0.0403. The summed E-state index contributed by atoms with van der Waals surface area (Å²) in [6.45, 7) is 8.76. The van der Waals surface area contributed by atoms with E-state index < -0.39 is 6.29 Å². The minimum Gasteiger partial charge on any atom is -0.459 e. The predicted molar refractivity (Wildman–Crippen MR) is 112 cm³/mol. The van der Waals surface area contributed by atoms with Crippen LogP contribution in [0.25, 0.3) is 0 Å². The first-order valence-electron chi connectivity index (χ1n) is 10.8. The van der Waals surface area contributed by atoms with Gasteiger partial charge in [0.05, 0.1) is 0 Å². The molecule has 29 heavy (non-hydrogen) atoms. The number of allylic oxidation sites excluding steroid dienone is 1. The molecule has 0 unspecified atom stereocenters. The monoisotopic (exact) mass is 402 g/mol. The largest absolute Gasteiger partial charge is 0.459 e. The molecule has 2 aliphatic heterocycles. The molecule has 1 fully saturated rings. The first-order valence-corrected chi connectivity index (χ1v) is 10.8. The molecule has 6 nitrogen and oxygen atoms in total. The standard InChI is InChI=1S/C23H34N2O4/c1-3-28-23-20(10-7-15-26)18(2)16-21(29-23)22(27)25-13-11-24(12-14-25)17-19-8-5-4-6-9-19/h4-6,8-9,16,18,20,23,26H,3,7,10-15,17H2,1-2H3/t18-,20-,23+/m1/s1. The number of piperazine rings is 1. The molecule has 1 aromatic carbocycles. The van der Waals surface area contributed by atoms with Gasteiger partial charge in [-0.1, -0.05) is 37.3 Å². The van der Waals surface area contributed by atoms with Crippen LogP contribution < -0.4 is 0 Å². The maximum atomic E-state index is 13.1. The Morgan fingerprint density at radius 2 is 1.93 bits per heavy atom. The molecule has 0 aliphatic carbocycles. The quantitative estimate of drug-likeness (QED) is 0.724. The van der Waals surface area contributed by atoms with Crippen LogP contribution in [0.4, 0.5) is 0 Å². The Morgan fingerprint density at radius 3 is 2.59 bits per heavy atom. The summed E-state index contributed by atoms with van der Waals surface area (Å²) in [5.74, 6) is 0.695. The van der Waals surface area contributed by atoms with Crippen molar-refractivity contribution in [1.29, 1.82) is 0 Å². The fourth-order valence-electron chi connectivity index (χ4n) is 4.14. The van der Waals surface area contributed by atoms with Crippen molar-refractivity contribution in [1.82, 2.24) is 9.80 Å². The van der Waals surface area contributed by atoms with Crippen LogP contribution in [0, 0.1) is 11.8 Å². The highest BCUT2D eigenvalue weighted by atomic mass is 16.7. The molecular weight excluding hydrogens is 368 g/mol. The lowest BCUT2D eigenvalue weighted by molar-refractivity contribution is -0.175. The smallest absolute Gasteiger partial charge is 0.288 e. The Kier molecular flexibility index (Phi) is 8.09. The van der Waals surface area contributed by atoms with Gasteiger partial charge in [0.25, 0.3) is 5.91 Å². The van der Waals surface area contributed by atoms with E-state index in [-0.39, 0.29) is 24.3 Å². The van der Waals surface area contributed by atoms with Crippen LogP contribution >= 0.6 is 0 Å². The molecule has 1 N–H and O–H groups in total. The summed E-state index contributed by atoms with van der Waals surface area (Å²) in [5, 5.41) is 9.16. The molecule has 160 valence electrons. The maximum Gasteiger partial charge on any atom is 0.288 e. The highest BCUT2D eigenvalue weighted by Gasteiger charge is 2.36. The van der Waals surface area contributed by atoms with E-state index in [1.165, 1.54) is 5.56 Å². The average molecular weight is 403 g/mol. The van der Waals surface area contributed by atoms with E-state index in [2.05, 4.69) is 36.1 Å². The fourth-order valence-corrected chi connectivity index (χ4v) is 4.14. The first kappa shape index (κ1) is 21.8. The second-order valence-electron chi connectivity index (χ2n) is 7.92. The van der Waals surface area contributed by atoms with Gasteiger partial charge in [0.2, 0.25) is 6.29 Å². The summed E-state index contributed by atoms with van der Waals surface area (Å²) < 4.78 is 11.8. The minimum atomic E-state index is -0.426. The van der Waals surface area contributed by atoms with Crippen molar-refractivity contribution in [2.75, 3.05) is 39.4 Å². The molecule has 0 radical (unpaired) electrons. The van der Waals surface area contributed by atoms with Crippen molar-refractivity contribution in [3.05, 3.63) is 47.7 Å². The number of ether oxygens (including phenoxy) is 2. The van der Waals surface area contributed by atoms with E-state index in [0.29, 0.717) is 31.9 Å². The van der Waals surface area contributed by atoms with Crippen LogP contribution in [0.15, 0.2) is 42.2 Å². The summed E-state index contributed by atoms with van der Waals surface area (Å²) in [7, 11) is 0. The van der Waals surface area contributed by atoms with Crippen LogP contribution in [-0.2, 0) is 20.8 Å². The number of hydrogen-bond acceptors (Lipinski definition) is 5. The van der Waals surface area contributed by atoms with Gasteiger partial charge in [-0.25, -0.2) is 0 Å². The number of aliphatic hydroxyl groups is 1. The molecule has 1 aromatic rings. The molecule has 0 spiro atoms. The van der Waals surface area contributed by atoms with Crippen LogP contribution in [-0.4, -0.2) is 66.5 Å². The summed E-state index contributed by atoms with van der Waals surface area (Å²) in [4.78, 5) is 17.3. The van der Waals surface area contributed by atoms with E-state index in [0.717, 1.165) is 26.1 Å². The number of amides is 1. The van der Waals surface area contributed by atoms with Gasteiger partial charge in [0.15, 0.2) is 5.76 Å². The average Bonchev–Trinajstić information content (AvgIpc) is 2.74. The third kappa shape index (κ3) is 5.81. The number of hydrogen-bond donors (Lipinski definition) is 1. The molecule has 0 saturated carbocycles. The number of rotatable bonds is 8. The lowest BCUT2D eigenvalue weighted by Gasteiger charge is -2.38. The topological polar surface area (TPSA) is 62.2 Å². The molecule has 3 rings (SSSR count). The zero-order valence-electron chi connectivity index (χ0n) is 17.6. The van der Waals surface area contributed by atoms with Crippen LogP contribution in [0.1, 0.15) is 32.3 Å². The summed E-state index contributed by atoms with van der Waals surface area (Å²) in [6, 6.07) is 10.4. The van der Waals surface area contributed by atoms with Gasteiger partial charge in [0.1, 0.15) is 0 Å². The second kappa shape index (κ2) is 10.8. The molecule has 2 aliphatic rings. The van der Waals surface area contributed by atoms with Gasteiger partial charge in [-0.3, -0.25) is 9.69 Å². The number of aliphatic hydroxyl groups excluding tert-OH is 1. The zero-order chi connectivity index (χ0) is 20.6. The molecule has 1 saturated heterocycles. The lowest BCUT2D eigenvalue weighted by atomic mass is 9.86. The fraction of sp³-hybridized carbons (Fsp3) is 0.609. The van der Waals surface area contributed by atoms with Gasteiger partial charge in [0, 0.05) is 51.9 Å². The van der Waals surface area contributed by atoms with Crippen molar-refractivity contribution in [2.24, 2.45) is 11.8 Å². The van der Waals surface area contributed by atoms with Crippen molar-refractivity contribution in [3.63, 3.8) is 0 Å². The van der Waals surface area contributed by atoms with Gasteiger partial charge >= 0.3 is 0 Å². The first-order chi connectivity index (χ1) is 14.1. The lowest BCUT2D eigenvalue weighted by Crippen LogP contribution is -2.49. The van der Waals surface area contributed by atoms with Gasteiger partial charge in [-0.2, -0.15) is 0 Å². The molecule has 3 atom stereocenters. The van der Waals surface area contributed by atoms with Crippen LogP contribution in [0.3, 0.4) is 0 Å². The Balaban J connectivity index is 1.57. The number of carbonyl (C=O) groups is 1. The van der Waals surface area contributed by atoms with Gasteiger partial charge < -0.3 is 19.5 Å². The Morgan fingerprint density at radius 1 is 1.21 bits per heavy atom. The van der Waals surface area contributed by atoms with Gasteiger partial charge in [-0.15, -0.1) is 0 Å². The van der Waals surface area contributed by atoms with E-state index in [1.54, 1.807) is 0 Å². The van der Waals surface area contributed by atoms with E-state index in [9.17, 15) is 4.79 Å². The van der Waals surface area contributed by atoms with Crippen LogP contribution in [0.2, 0.25) is 0 Å². The van der Waals surface area contributed by atoms with Crippen molar-refractivity contribution in [2.45, 2.75) is 39.5 Å². The Bertz CT molecular complexity index is 671. The summed E-state index contributed by atoms with van der Waals surface area (Å²) in [5.41, 5.74) is 1.30. The van der Waals surface area contributed by atoms with E-state index in [4.69, 9.17) is 14.6 Å². The highest BCUT2D eigenvalue weighted by molar-refractivity contribution is 5.91. The Labute approximate surface area is 174 Å². The second-order valence-corrected chi connectivity index (χ2v) is 7.92. The number of carbonyl (C=O) groups excluding carboxylic acids is 1. The van der Waals surface area contributed by atoms with Crippen molar-refractivity contribution >= 4 is 5.91 Å². The summed E-state index contributed by atoms with van der Waals surface area (Å²) in [6.07, 6.45) is 3.04.